The predicted molar refractivity (Wildman–Crippen MR) is 170 cm³/mol. The molecule has 224 valence electrons. The van der Waals surface area contributed by atoms with Gasteiger partial charge < -0.3 is 31.8 Å². The molecule has 11 heteroatoms. The molecule has 0 bridgehead atoms. The van der Waals surface area contributed by atoms with Gasteiger partial charge in [0.2, 0.25) is 5.91 Å². The number of nitrogens with zero attached hydrogens (tertiary/aromatic N) is 4. The molecule has 5 aromatic rings. The van der Waals surface area contributed by atoms with Crippen molar-refractivity contribution in [1.29, 1.82) is 0 Å². The van der Waals surface area contributed by atoms with Crippen LogP contribution in [0.1, 0.15) is 34.8 Å². The average Bonchev–Trinajstić information content (AvgIpc) is 3.40. The lowest BCUT2D eigenvalue weighted by Gasteiger charge is -2.19. The Hall–Kier alpha value is -5.71. The van der Waals surface area contributed by atoms with Crippen LogP contribution in [0.15, 0.2) is 102 Å². The van der Waals surface area contributed by atoms with Gasteiger partial charge in [-0.25, -0.2) is 4.98 Å². The summed E-state index contributed by atoms with van der Waals surface area (Å²) < 4.78 is 7.88. The number of benzene rings is 3. The Morgan fingerprint density at radius 2 is 1.68 bits per heavy atom. The Bertz CT molecular complexity index is 1770. The zero-order valence-electron chi connectivity index (χ0n) is 24.1. The topological polar surface area (TPSA) is 177 Å². The number of pyridine rings is 1. The summed E-state index contributed by atoms with van der Waals surface area (Å²) in [5.41, 5.74) is 20.4. The van der Waals surface area contributed by atoms with E-state index in [-0.39, 0.29) is 11.9 Å². The van der Waals surface area contributed by atoms with Crippen molar-refractivity contribution >= 4 is 28.8 Å². The lowest BCUT2D eigenvalue weighted by Crippen LogP contribution is -2.28. The summed E-state index contributed by atoms with van der Waals surface area (Å²) in [5.74, 6) is 1.04. The Balaban J connectivity index is 1.49. The standard InChI is InChI=1S/C33H34N8O3/c34-30(42)29(10-5-16-39-33(35)36)41-28-12-11-24(32(43)38-19-15-22-13-17-37-18-14-22)21-27(28)40-31(41)23-6-4-9-26(20-23)44-25-7-2-1-3-8-25/h1-4,6-9,11-14,17-18,20-21,29H,5,10,15-16,19H2,(H2,34,42)(H,38,43)(H4,35,36,39)/t29-/m0/s1. The molecular weight excluding hydrogens is 556 g/mol. The van der Waals surface area contributed by atoms with Crippen LogP contribution in [-0.4, -0.2) is 45.4 Å². The SMILES string of the molecule is NC(=O)[C@H](CCCN=C(N)N)n1c(-c2cccc(Oc3ccccc3)c2)nc2cc(C(=O)NCCc3ccncc3)ccc21. The van der Waals surface area contributed by atoms with Gasteiger partial charge in [0.25, 0.3) is 5.91 Å². The van der Waals surface area contributed by atoms with Crippen LogP contribution in [-0.2, 0) is 11.2 Å². The number of carbonyl (C=O) groups excluding carboxylic acids is 2. The smallest absolute Gasteiger partial charge is 0.251 e. The molecule has 7 N–H and O–H groups in total. The van der Waals surface area contributed by atoms with Crippen molar-refractivity contribution in [2.75, 3.05) is 13.1 Å². The first-order chi connectivity index (χ1) is 21.4. The summed E-state index contributed by atoms with van der Waals surface area (Å²) in [7, 11) is 0. The normalized spacial score (nSPS) is 11.5. The van der Waals surface area contributed by atoms with E-state index < -0.39 is 11.9 Å². The summed E-state index contributed by atoms with van der Waals surface area (Å²) in [6, 6.07) is 25.2. The molecule has 0 aliphatic rings. The van der Waals surface area contributed by atoms with Crippen molar-refractivity contribution in [2.24, 2.45) is 22.2 Å². The van der Waals surface area contributed by atoms with E-state index in [2.05, 4.69) is 15.3 Å². The summed E-state index contributed by atoms with van der Waals surface area (Å²) >= 11 is 0. The second-order valence-corrected chi connectivity index (χ2v) is 10.2. The minimum atomic E-state index is -0.747. The molecule has 0 saturated heterocycles. The molecule has 2 heterocycles. The third-order valence-electron chi connectivity index (χ3n) is 7.04. The van der Waals surface area contributed by atoms with Crippen molar-refractivity contribution in [3.63, 3.8) is 0 Å². The molecule has 3 aromatic carbocycles. The minimum absolute atomic E-state index is 0.0174. The lowest BCUT2D eigenvalue weighted by atomic mass is 10.1. The van der Waals surface area contributed by atoms with E-state index in [9.17, 15) is 9.59 Å². The zero-order valence-corrected chi connectivity index (χ0v) is 24.1. The molecule has 2 amide bonds. The maximum atomic E-state index is 13.0. The number of para-hydroxylation sites is 1. The molecule has 44 heavy (non-hydrogen) atoms. The number of carbonyl (C=O) groups is 2. The highest BCUT2D eigenvalue weighted by molar-refractivity contribution is 5.98. The molecule has 2 aromatic heterocycles. The Morgan fingerprint density at radius 3 is 2.43 bits per heavy atom. The number of fused-ring (bicyclic) bond motifs is 1. The number of hydrogen-bond acceptors (Lipinski definition) is 6. The van der Waals surface area contributed by atoms with Crippen LogP contribution in [0.3, 0.4) is 0 Å². The number of guanidine groups is 1. The van der Waals surface area contributed by atoms with Crippen molar-refractivity contribution in [3.8, 4) is 22.9 Å². The second kappa shape index (κ2) is 14.0. The van der Waals surface area contributed by atoms with Crippen LogP contribution < -0.4 is 27.3 Å². The molecule has 0 spiro atoms. The minimum Gasteiger partial charge on any atom is -0.457 e. The molecule has 5 rings (SSSR count). The number of imidazole rings is 1. The first-order valence-electron chi connectivity index (χ1n) is 14.3. The number of hydrogen-bond donors (Lipinski definition) is 4. The van der Waals surface area contributed by atoms with Crippen LogP contribution in [0.25, 0.3) is 22.4 Å². The Kier molecular flexibility index (Phi) is 9.45. The third kappa shape index (κ3) is 7.37. The maximum Gasteiger partial charge on any atom is 0.251 e. The molecule has 0 fully saturated rings. The van der Waals surface area contributed by atoms with Gasteiger partial charge in [0.05, 0.1) is 11.0 Å². The Morgan fingerprint density at radius 1 is 0.909 bits per heavy atom. The highest BCUT2D eigenvalue weighted by Crippen LogP contribution is 2.33. The summed E-state index contributed by atoms with van der Waals surface area (Å²) in [5, 5.41) is 2.96. The van der Waals surface area contributed by atoms with Gasteiger partial charge in [-0.05, 0) is 79.4 Å². The van der Waals surface area contributed by atoms with Gasteiger partial charge in [0.15, 0.2) is 5.96 Å². The number of amides is 2. The van der Waals surface area contributed by atoms with Gasteiger partial charge in [-0.1, -0.05) is 30.3 Å². The van der Waals surface area contributed by atoms with Crippen LogP contribution in [0.5, 0.6) is 11.5 Å². The number of aliphatic imine (C=N–C) groups is 1. The van der Waals surface area contributed by atoms with Crippen molar-refractivity contribution in [2.45, 2.75) is 25.3 Å². The fourth-order valence-corrected chi connectivity index (χ4v) is 4.95. The third-order valence-corrected chi connectivity index (χ3v) is 7.04. The van der Waals surface area contributed by atoms with Crippen LogP contribution >= 0.6 is 0 Å². The van der Waals surface area contributed by atoms with Gasteiger partial charge >= 0.3 is 0 Å². The summed E-state index contributed by atoms with van der Waals surface area (Å²) in [4.78, 5) is 38.9. The number of nitrogens with one attached hydrogen (secondary N) is 1. The van der Waals surface area contributed by atoms with E-state index >= 15 is 0 Å². The fraction of sp³-hybridized carbons (Fsp3) is 0.182. The molecule has 11 nitrogen and oxygen atoms in total. The second-order valence-electron chi connectivity index (χ2n) is 10.2. The van der Waals surface area contributed by atoms with Crippen molar-refractivity contribution in [1.82, 2.24) is 19.9 Å². The van der Waals surface area contributed by atoms with E-state index in [4.69, 9.17) is 26.9 Å². The first-order valence-corrected chi connectivity index (χ1v) is 14.3. The molecule has 1 atom stereocenters. The number of rotatable bonds is 13. The molecular formula is C33H34N8O3. The van der Waals surface area contributed by atoms with Gasteiger partial charge in [-0.3, -0.25) is 19.6 Å². The van der Waals surface area contributed by atoms with E-state index in [1.807, 2.05) is 71.3 Å². The highest BCUT2D eigenvalue weighted by Gasteiger charge is 2.25. The predicted octanol–water partition coefficient (Wildman–Crippen LogP) is 3.94. The lowest BCUT2D eigenvalue weighted by molar-refractivity contribution is -0.121. The average molecular weight is 591 g/mol. The largest absolute Gasteiger partial charge is 0.457 e. The fourth-order valence-electron chi connectivity index (χ4n) is 4.95. The number of nitrogens with two attached hydrogens (primary N) is 3. The number of primary amides is 1. The molecule has 0 saturated carbocycles. The van der Waals surface area contributed by atoms with Gasteiger partial charge in [0.1, 0.15) is 23.4 Å². The zero-order chi connectivity index (χ0) is 30.9. The highest BCUT2D eigenvalue weighted by atomic mass is 16.5. The van der Waals surface area contributed by atoms with E-state index in [0.29, 0.717) is 71.8 Å². The monoisotopic (exact) mass is 590 g/mol. The van der Waals surface area contributed by atoms with E-state index in [0.717, 1.165) is 5.56 Å². The van der Waals surface area contributed by atoms with Gasteiger partial charge in [-0.2, -0.15) is 0 Å². The molecule has 0 radical (unpaired) electrons. The quantitative estimate of drug-likeness (QED) is 0.0911. The Labute approximate surface area is 254 Å². The van der Waals surface area contributed by atoms with Gasteiger partial charge in [-0.15, -0.1) is 0 Å². The number of ether oxygens (including phenoxy) is 1. The molecule has 0 aliphatic heterocycles. The summed E-state index contributed by atoms with van der Waals surface area (Å²) in [6.07, 6.45) is 5.02. The summed E-state index contributed by atoms with van der Waals surface area (Å²) in [6.45, 7) is 0.812. The van der Waals surface area contributed by atoms with Crippen molar-refractivity contribution < 1.29 is 14.3 Å². The van der Waals surface area contributed by atoms with Gasteiger partial charge in [0, 0.05) is 36.6 Å². The van der Waals surface area contributed by atoms with Crippen LogP contribution in [0, 0.1) is 0 Å². The van der Waals surface area contributed by atoms with Crippen LogP contribution in [0.4, 0.5) is 0 Å². The molecule has 0 aliphatic carbocycles. The van der Waals surface area contributed by atoms with Crippen LogP contribution in [0.2, 0.25) is 0 Å². The van der Waals surface area contributed by atoms with E-state index in [1.54, 1.807) is 30.6 Å². The van der Waals surface area contributed by atoms with Crippen molar-refractivity contribution in [3.05, 3.63) is 108 Å². The maximum absolute atomic E-state index is 13.0. The first kappa shape index (κ1) is 29.8. The number of aromatic nitrogens is 3. The van der Waals surface area contributed by atoms with E-state index in [1.165, 1.54) is 0 Å². The molecule has 0 unspecified atom stereocenters.